The molecule has 0 bridgehead atoms. The van der Waals surface area contributed by atoms with Gasteiger partial charge in [0, 0.05) is 5.69 Å². The Kier molecular flexibility index (Phi) is 6.99. The minimum Gasteiger partial charge on any atom is -0.493 e. The van der Waals surface area contributed by atoms with Crippen LogP contribution in [0.25, 0.3) is 6.08 Å². The number of hydrogen-bond acceptors (Lipinski definition) is 5. The van der Waals surface area contributed by atoms with Crippen molar-refractivity contribution in [3.05, 3.63) is 58.7 Å². The number of ether oxygens (including phenoxy) is 2. The van der Waals surface area contributed by atoms with E-state index in [9.17, 15) is 14.9 Å². The summed E-state index contributed by atoms with van der Waals surface area (Å²) in [6.45, 7) is 5.25. The van der Waals surface area contributed by atoms with Crippen molar-refractivity contribution in [1.29, 1.82) is 5.26 Å². The molecule has 7 heteroatoms. The van der Waals surface area contributed by atoms with E-state index in [4.69, 9.17) is 14.6 Å². The largest absolute Gasteiger partial charge is 0.493 e. The van der Waals surface area contributed by atoms with Crippen LogP contribution < -0.4 is 14.8 Å². The summed E-state index contributed by atoms with van der Waals surface area (Å²) >= 11 is 0. The number of nitrogens with zero attached hydrogens (tertiary/aromatic N) is 1. The number of nitrogens with one attached hydrogen (secondary N) is 1. The molecule has 2 N–H and O–H groups in total. The number of carbonyl (C=O) groups excluding carboxylic acids is 1. The summed E-state index contributed by atoms with van der Waals surface area (Å²) in [4.78, 5) is 23.5. The molecule has 2 aromatic rings. The van der Waals surface area contributed by atoms with Gasteiger partial charge in [-0.3, -0.25) is 4.79 Å². The number of amides is 1. The molecule has 2 aromatic carbocycles. The van der Waals surface area contributed by atoms with Crippen LogP contribution in [0.1, 0.15) is 23.6 Å². The van der Waals surface area contributed by atoms with Crippen LogP contribution in [-0.2, 0) is 9.59 Å². The summed E-state index contributed by atoms with van der Waals surface area (Å²) < 4.78 is 10.6. The Morgan fingerprint density at radius 1 is 1.14 bits per heavy atom. The fourth-order valence-electron chi connectivity index (χ4n) is 2.67. The number of aliphatic carboxylic acids is 1. The second kappa shape index (κ2) is 9.42. The zero-order valence-electron chi connectivity index (χ0n) is 16.6. The molecule has 0 radical (unpaired) electrons. The topological polar surface area (TPSA) is 109 Å². The van der Waals surface area contributed by atoms with E-state index >= 15 is 0 Å². The van der Waals surface area contributed by atoms with Crippen LogP contribution in [-0.4, -0.2) is 30.2 Å². The van der Waals surface area contributed by atoms with Crippen LogP contribution in [0.4, 0.5) is 5.69 Å². The molecule has 0 spiro atoms. The van der Waals surface area contributed by atoms with Crippen molar-refractivity contribution in [2.45, 2.75) is 26.9 Å². The van der Waals surface area contributed by atoms with E-state index in [2.05, 4.69) is 5.32 Å². The van der Waals surface area contributed by atoms with Crippen molar-refractivity contribution in [3.8, 4) is 17.6 Å². The van der Waals surface area contributed by atoms with Gasteiger partial charge in [0.05, 0.1) is 7.11 Å². The van der Waals surface area contributed by atoms with Gasteiger partial charge in [-0.15, -0.1) is 0 Å². The number of carboxylic acids is 1. The van der Waals surface area contributed by atoms with E-state index in [1.54, 1.807) is 12.1 Å². The molecular formula is C22H22N2O5. The SMILES string of the molecule is COc1cc(/C=C(/C#N)C(=O)Nc2cc(C)cc(C)c2)ccc1O[C@@H](C)C(=O)O. The van der Waals surface area contributed by atoms with Gasteiger partial charge in [-0.2, -0.15) is 5.26 Å². The van der Waals surface area contributed by atoms with Gasteiger partial charge >= 0.3 is 5.97 Å². The highest BCUT2D eigenvalue weighted by Gasteiger charge is 2.16. The summed E-state index contributed by atoms with van der Waals surface area (Å²) in [5, 5.41) is 21.1. The van der Waals surface area contributed by atoms with Crippen molar-refractivity contribution < 1.29 is 24.2 Å². The van der Waals surface area contributed by atoms with Gasteiger partial charge in [-0.25, -0.2) is 4.79 Å². The first-order valence-corrected chi connectivity index (χ1v) is 8.82. The first-order valence-electron chi connectivity index (χ1n) is 8.82. The Hall–Kier alpha value is -3.79. The summed E-state index contributed by atoms with van der Waals surface area (Å²) in [5.41, 5.74) is 3.05. The van der Waals surface area contributed by atoms with Crippen LogP contribution in [0.5, 0.6) is 11.5 Å². The van der Waals surface area contributed by atoms with E-state index in [1.807, 2.05) is 38.1 Å². The normalized spacial score (nSPS) is 11.9. The number of carbonyl (C=O) groups is 2. The zero-order chi connectivity index (χ0) is 21.6. The van der Waals surface area contributed by atoms with Gasteiger partial charge in [0.15, 0.2) is 17.6 Å². The second-order valence-electron chi connectivity index (χ2n) is 6.51. The fourth-order valence-corrected chi connectivity index (χ4v) is 2.67. The lowest BCUT2D eigenvalue weighted by atomic mass is 10.1. The maximum atomic E-state index is 12.5. The van der Waals surface area contributed by atoms with Crippen LogP contribution in [0.15, 0.2) is 42.0 Å². The van der Waals surface area contributed by atoms with Gasteiger partial charge in [0.2, 0.25) is 0 Å². The van der Waals surface area contributed by atoms with Crippen molar-refractivity contribution >= 4 is 23.6 Å². The smallest absolute Gasteiger partial charge is 0.344 e. The van der Waals surface area contributed by atoms with Gasteiger partial charge in [0.25, 0.3) is 5.91 Å². The Bertz CT molecular complexity index is 984. The molecular weight excluding hydrogens is 372 g/mol. The van der Waals surface area contributed by atoms with Crippen LogP contribution >= 0.6 is 0 Å². The lowest BCUT2D eigenvalue weighted by Gasteiger charge is -2.14. The maximum Gasteiger partial charge on any atom is 0.344 e. The number of methoxy groups -OCH3 is 1. The van der Waals surface area contributed by atoms with E-state index in [1.165, 1.54) is 26.2 Å². The van der Waals surface area contributed by atoms with Gasteiger partial charge < -0.3 is 19.9 Å². The molecule has 1 amide bonds. The molecule has 1 atom stereocenters. The fraction of sp³-hybridized carbons (Fsp3) is 0.227. The summed E-state index contributed by atoms with van der Waals surface area (Å²) in [5.74, 6) is -1.10. The lowest BCUT2D eigenvalue weighted by molar-refractivity contribution is -0.144. The molecule has 0 saturated carbocycles. The second-order valence-corrected chi connectivity index (χ2v) is 6.51. The number of rotatable bonds is 7. The molecule has 29 heavy (non-hydrogen) atoms. The standard InChI is InChI=1S/C22H22N2O5/c1-13-7-14(2)9-18(8-13)24-21(25)17(12-23)10-16-5-6-19(20(11-16)28-4)29-15(3)22(26)27/h5-11,15H,1-4H3,(H,24,25)(H,26,27)/b17-10-/t15-/m0/s1. The molecule has 0 aliphatic rings. The molecule has 7 nitrogen and oxygen atoms in total. The molecule has 0 heterocycles. The molecule has 0 aliphatic heterocycles. The van der Waals surface area contributed by atoms with Crippen LogP contribution in [0, 0.1) is 25.2 Å². The number of benzene rings is 2. The Labute approximate surface area is 169 Å². The predicted octanol–water partition coefficient (Wildman–Crippen LogP) is 3.71. The summed E-state index contributed by atoms with van der Waals surface area (Å²) in [6.07, 6.45) is 0.369. The van der Waals surface area contributed by atoms with E-state index in [0.717, 1.165) is 11.1 Å². The van der Waals surface area contributed by atoms with Crippen molar-refractivity contribution in [2.24, 2.45) is 0 Å². The molecule has 0 aliphatic carbocycles. The first kappa shape index (κ1) is 21.5. The van der Waals surface area contributed by atoms with Crippen molar-refractivity contribution in [3.63, 3.8) is 0 Å². The summed E-state index contributed by atoms with van der Waals surface area (Å²) in [7, 11) is 1.42. The Morgan fingerprint density at radius 2 is 1.79 bits per heavy atom. The van der Waals surface area contributed by atoms with E-state index in [0.29, 0.717) is 17.0 Å². The van der Waals surface area contributed by atoms with Gasteiger partial charge in [0.1, 0.15) is 11.6 Å². The molecule has 2 rings (SSSR count). The van der Waals surface area contributed by atoms with Crippen LogP contribution in [0.3, 0.4) is 0 Å². The third-order valence-corrected chi connectivity index (χ3v) is 3.99. The number of aryl methyl sites for hydroxylation is 2. The minimum atomic E-state index is -1.11. The third kappa shape index (κ3) is 5.84. The average molecular weight is 394 g/mol. The molecule has 0 fully saturated rings. The highest BCUT2D eigenvalue weighted by Crippen LogP contribution is 2.30. The Balaban J connectivity index is 2.26. The van der Waals surface area contributed by atoms with Crippen LogP contribution in [0.2, 0.25) is 0 Å². The Morgan fingerprint density at radius 3 is 2.34 bits per heavy atom. The van der Waals surface area contributed by atoms with Gasteiger partial charge in [-0.1, -0.05) is 12.1 Å². The zero-order valence-corrected chi connectivity index (χ0v) is 16.6. The van der Waals surface area contributed by atoms with Crippen molar-refractivity contribution in [2.75, 3.05) is 12.4 Å². The number of hydrogen-bond donors (Lipinski definition) is 2. The molecule has 0 aromatic heterocycles. The number of anilines is 1. The predicted molar refractivity (Wildman–Crippen MR) is 109 cm³/mol. The maximum absolute atomic E-state index is 12.5. The van der Waals surface area contributed by atoms with Crippen molar-refractivity contribution in [1.82, 2.24) is 0 Å². The lowest BCUT2D eigenvalue weighted by Crippen LogP contribution is -2.23. The van der Waals surface area contributed by atoms with Gasteiger partial charge in [-0.05, 0) is 67.8 Å². The molecule has 0 saturated heterocycles. The number of nitriles is 1. The molecule has 150 valence electrons. The number of carboxylic acid groups (broad SMARTS) is 1. The average Bonchev–Trinajstić information content (AvgIpc) is 2.65. The van der Waals surface area contributed by atoms with E-state index < -0.39 is 18.0 Å². The summed E-state index contributed by atoms with van der Waals surface area (Å²) in [6, 6.07) is 12.2. The highest BCUT2D eigenvalue weighted by molar-refractivity contribution is 6.09. The first-order chi connectivity index (χ1) is 13.7. The minimum absolute atomic E-state index is 0.0845. The third-order valence-electron chi connectivity index (χ3n) is 3.99. The molecule has 0 unspecified atom stereocenters. The highest BCUT2D eigenvalue weighted by atomic mass is 16.5. The quantitative estimate of drug-likeness (QED) is 0.547. The monoisotopic (exact) mass is 394 g/mol. The van der Waals surface area contributed by atoms with E-state index in [-0.39, 0.29) is 11.3 Å².